The fourth-order valence-electron chi connectivity index (χ4n) is 12.0. The number of ether oxygens (including phenoxy) is 4. The van der Waals surface area contributed by atoms with Crippen molar-refractivity contribution in [3.8, 4) is 0 Å². The SMILES string of the molecule is CCCC1O[C@@H]2CC3[C@@H]4C[C@H](F)C5=CC(=O)C=C[C@]5(C)[C@@]4(F)[C@@H](O)C[C@]3(C)[C@]2(C(=O)COC(=O)[C@H](CC(C)C)NC(=O)C(CO)NC(=O)OCc2ccc(NC(=O)[C@H](CCCNC(N)=O)NC(=O)[C@@H](N)C(C)C)cc2)O1. The van der Waals surface area contributed by atoms with E-state index in [-0.39, 0.29) is 62.7 Å². The Morgan fingerprint density at radius 2 is 1.61 bits per heavy atom. The molecule has 0 radical (unpaired) electrons. The van der Waals surface area contributed by atoms with E-state index in [1.54, 1.807) is 46.8 Å². The third-order valence-corrected chi connectivity index (χ3v) is 16.0. The maximum atomic E-state index is 17.9. The van der Waals surface area contributed by atoms with Crippen LogP contribution >= 0.6 is 0 Å². The van der Waals surface area contributed by atoms with Gasteiger partial charge in [-0.25, -0.2) is 23.2 Å². The average Bonchev–Trinajstić information content (AvgIpc) is 3.85. The molecule has 0 spiro atoms. The van der Waals surface area contributed by atoms with Crippen LogP contribution in [0.3, 0.4) is 0 Å². The molecule has 6 amide bonds. The summed E-state index contributed by atoms with van der Waals surface area (Å²) in [5.74, 6) is -6.61. The molecule has 5 aliphatic rings. The minimum Gasteiger partial charge on any atom is -0.456 e. The number of carbonyl (C=O) groups excluding carboxylic acids is 8. The number of anilines is 1. The van der Waals surface area contributed by atoms with Crippen LogP contribution in [0.15, 0.2) is 48.1 Å². The summed E-state index contributed by atoms with van der Waals surface area (Å²) in [6.07, 6.45) is -1.93. The molecule has 1 heterocycles. The molecule has 3 unspecified atom stereocenters. The maximum Gasteiger partial charge on any atom is 0.408 e. The Balaban J connectivity index is 1.06. The minimum absolute atomic E-state index is 0.00563. The normalized spacial score (nSPS) is 30.8. The zero-order valence-corrected chi connectivity index (χ0v) is 44.2. The standard InChI is InChI=1S/C53H75F2N7O14/c1-8-10-42-75-41-22-32-33-21-35(54)34-20-31(64)16-17-50(34,6)52(33,55)39(65)23-51(32,7)53(41,76-42)40(66)26-73-47(70)37(19-27(2)3)61-45(68)38(24-63)62-49(72)74-25-29-12-14-30(15-13-29)59-44(67)36(11-9-18-58-48(57)71)60-46(69)43(56)28(4)5/h12-17,20,27-28,32-33,35-39,41-43,63,65H,8-11,18-19,21-26,56H2,1-7H3,(H,59,67)(H,60,69)(H,61,68)(H,62,72)(H3,57,58,71)/t32?,33-,35-,36-,37-,38?,39-,41+,42?,43-,50-,51-,52-,53+/m0/s1. The Hall–Kier alpha value is -5.88. The molecule has 1 aliphatic heterocycles. The second-order valence-corrected chi connectivity index (χ2v) is 21.9. The van der Waals surface area contributed by atoms with Crippen molar-refractivity contribution in [2.45, 2.75) is 167 Å². The summed E-state index contributed by atoms with van der Waals surface area (Å²) >= 11 is 0. The number of alkyl carbamates (subject to hydrolysis) is 1. The van der Waals surface area contributed by atoms with Crippen molar-refractivity contribution >= 4 is 53.1 Å². The highest BCUT2D eigenvalue weighted by molar-refractivity contribution is 6.01. The van der Waals surface area contributed by atoms with Crippen LogP contribution in [0.5, 0.6) is 0 Å². The number of allylic oxidation sites excluding steroid dienone is 4. The van der Waals surface area contributed by atoms with E-state index >= 15 is 8.78 Å². The van der Waals surface area contributed by atoms with Crippen LogP contribution in [0.1, 0.15) is 105 Å². The van der Waals surface area contributed by atoms with Crippen molar-refractivity contribution in [3.05, 3.63) is 53.6 Å². The molecule has 1 saturated heterocycles. The lowest BCUT2D eigenvalue weighted by Crippen LogP contribution is -2.71. The summed E-state index contributed by atoms with van der Waals surface area (Å²) < 4.78 is 57.9. The number of fused-ring (bicyclic) bond motifs is 7. The molecule has 4 aliphatic carbocycles. The van der Waals surface area contributed by atoms with Crippen LogP contribution in [0.2, 0.25) is 0 Å². The summed E-state index contributed by atoms with van der Waals surface area (Å²) in [6.45, 7) is 10.2. The molecule has 4 fully saturated rings. The Morgan fingerprint density at radius 3 is 2.24 bits per heavy atom. The number of ketones is 2. The Labute approximate surface area is 440 Å². The van der Waals surface area contributed by atoms with E-state index in [0.717, 1.165) is 6.08 Å². The second kappa shape index (κ2) is 24.2. The molecule has 1 aromatic carbocycles. The highest BCUT2D eigenvalue weighted by Gasteiger charge is 2.80. The van der Waals surface area contributed by atoms with E-state index < -0.39 is 143 Å². The molecule has 21 nitrogen and oxygen atoms in total. The summed E-state index contributed by atoms with van der Waals surface area (Å²) in [4.78, 5) is 105. The number of hydrogen-bond donors (Lipinski definition) is 9. The number of primary amides is 1. The first-order valence-electron chi connectivity index (χ1n) is 26.1. The lowest BCUT2D eigenvalue weighted by molar-refractivity contribution is -0.235. The fourth-order valence-corrected chi connectivity index (χ4v) is 12.0. The van der Waals surface area contributed by atoms with Crippen molar-refractivity contribution in [1.82, 2.24) is 21.3 Å². The quantitative estimate of drug-likeness (QED) is 0.0562. The first-order valence-corrected chi connectivity index (χ1v) is 26.1. The number of alkyl halides is 2. The molecule has 11 N–H and O–H groups in total. The Bertz CT molecular complexity index is 2430. The zero-order valence-electron chi connectivity index (χ0n) is 44.2. The lowest BCUT2D eigenvalue weighted by atomic mass is 9.44. The lowest BCUT2D eigenvalue weighted by Gasteiger charge is -2.63. The van der Waals surface area contributed by atoms with Crippen molar-refractivity contribution in [2.75, 3.05) is 25.1 Å². The van der Waals surface area contributed by atoms with Gasteiger partial charge in [-0.2, -0.15) is 0 Å². The number of carbonyl (C=O) groups is 8. The Kier molecular flexibility index (Phi) is 18.9. The molecule has 3 saturated carbocycles. The number of esters is 1. The van der Waals surface area contributed by atoms with Gasteiger partial charge < -0.3 is 67.2 Å². The number of amides is 6. The predicted octanol–water partition coefficient (Wildman–Crippen LogP) is 2.98. The van der Waals surface area contributed by atoms with E-state index in [4.69, 9.17) is 30.4 Å². The smallest absolute Gasteiger partial charge is 0.408 e. The Morgan fingerprint density at radius 1 is 0.921 bits per heavy atom. The number of rotatable bonds is 23. The molecule has 0 bridgehead atoms. The molecule has 14 atom stereocenters. The van der Waals surface area contributed by atoms with Gasteiger partial charge in [-0.1, -0.05) is 66.2 Å². The highest BCUT2D eigenvalue weighted by Crippen LogP contribution is 2.72. The summed E-state index contributed by atoms with van der Waals surface area (Å²) in [7, 11) is 0. The number of aliphatic hydroxyl groups excluding tert-OH is 2. The molecular formula is C53H75F2N7O14. The summed E-state index contributed by atoms with van der Waals surface area (Å²) in [6, 6.07) is 0.538. The van der Waals surface area contributed by atoms with E-state index in [1.807, 2.05) is 6.92 Å². The van der Waals surface area contributed by atoms with Crippen LogP contribution in [0, 0.1) is 34.5 Å². The predicted molar refractivity (Wildman–Crippen MR) is 270 cm³/mol. The van der Waals surface area contributed by atoms with Crippen molar-refractivity contribution < 1.29 is 76.3 Å². The number of nitrogens with one attached hydrogen (secondary N) is 5. The molecule has 23 heteroatoms. The van der Waals surface area contributed by atoms with Gasteiger partial charge in [0.2, 0.25) is 23.5 Å². The fraction of sp³-hybridized carbons (Fsp3) is 0.660. The van der Waals surface area contributed by atoms with Gasteiger partial charge in [-0.15, -0.1) is 0 Å². The van der Waals surface area contributed by atoms with Gasteiger partial charge in [0.05, 0.1) is 24.9 Å². The maximum absolute atomic E-state index is 17.9. The average molecular weight is 1070 g/mol. The van der Waals surface area contributed by atoms with Crippen molar-refractivity contribution in [2.24, 2.45) is 46.0 Å². The molecule has 6 rings (SSSR count). The van der Waals surface area contributed by atoms with Gasteiger partial charge in [-0.3, -0.25) is 24.0 Å². The van der Waals surface area contributed by atoms with Crippen molar-refractivity contribution in [1.29, 1.82) is 0 Å². The number of aliphatic hydroxyl groups is 2. The largest absolute Gasteiger partial charge is 0.456 e. The van der Waals surface area contributed by atoms with Gasteiger partial charge in [0.15, 0.2) is 29.9 Å². The van der Waals surface area contributed by atoms with Gasteiger partial charge in [0.1, 0.15) is 30.9 Å². The van der Waals surface area contributed by atoms with Gasteiger partial charge in [-0.05, 0) is 105 Å². The molecule has 0 aromatic heterocycles. The number of urea groups is 1. The highest BCUT2D eigenvalue weighted by atomic mass is 19.1. The van der Waals surface area contributed by atoms with Crippen LogP contribution in [0.25, 0.3) is 0 Å². The third-order valence-electron chi connectivity index (χ3n) is 16.0. The van der Waals surface area contributed by atoms with Crippen molar-refractivity contribution in [3.63, 3.8) is 0 Å². The van der Waals surface area contributed by atoms with Crippen LogP contribution in [-0.4, -0.2) is 137 Å². The molecule has 420 valence electrons. The van der Waals surface area contributed by atoms with E-state index in [1.165, 1.54) is 31.2 Å². The number of hydrogen-bond acceptors (Lipinski definition) is 15. The molecule has 1 aromatic rings. The molecular weight excluding hydrogens is 997 g/mol. The summed E-state index contributed by atoms with van der Waals surface area (Å²) in [5, 5.41) is 34.7. The van der Waals surface area contributed by atoms with Gasteiger partial charge in [0, 0.05) is 29.0 Å². The van der Waals surface area contributed by atoms with Gasteiger partial charge in [0.25, 0.3) is 0 Å². The van der Waals surface area contributed by atoms with E-state index in [9.17, 15) is 48.6 Å². The number of benzene rings is 1. The first kappa shape index (κ1) is 59.4. The van der Waals surface area contributed by atoms with Crippen LogP contribution in [0.4, 0.5) is 24.1 Å². The van der Waals surface area contributed by atoms with Crippen LogP contribution in [-0.2, 0) is 54.3 Å². The second-order valence-electron chi connectivity index (χ2n) is 21.9. The van der Waals surface area contributed by atoms with Crippen LogP contribution < -0.4 is 38.1 Å². The summed E-state index contributed by atoms with van der Waals surface area (Å²) in [5.41, 5.74) is 4.56. The first-order chi connectivity index (χ1) is 35.8. The number of nitrogens with two attached hydrogens (primary N) is 2. The monoisotopic (exact) mass is 1070 g/mol. The van der Waals surface area contributed by atoms with E-state index in [2.05, 4.69) is 26.6 Å². The van der Waals surface area contributed by atoms with Gasteiger partial charge >= 0.3 is 18.1 Å². The number of halogens is 2. The third kappa shape index (κ3) is 12.0. The minimum atomic E-state index is -2.43. The zero-order chi connectivity index (χ0) is 56.1. The van der Waals surface area contributed by atoms with E-state index in [0.29, 0.717) is 30.5 Å². The topological polar surface area (TPSA) is 326 Å². The number of Topliss-reactive ketones (excluding diaryl/α,β-unsaturated/α-hetero) is 1. The molecule has 76 heavy (non-hydrogen) atoms.